The second-order valence-electron chi connectivity index (χ2n) is 4.59. The Labute approximate surface area is 113 Å². The summed E-state index contributed by atoms with van der Waals surface area (Å²) < 4.78 is 10.9. The molecule has 3 nitrogen and oxygen atoms in total. The molecular weight excluding hydrogens is 238 g/mol. The van der Waals surface area contributed by atoms with Gasteiger partial charge >= 0.3 is 0 Å². The van der Waals surface area contributed by atoms with Gasteiger partial charge in [0.2, 0.25) is 0 Å². The van der Waals surface area contributed by atoms with E-state index in [-0.39, 0.29) is 0 Å². The molecule has 0 atom stereocenters. The first-order chi connectivity index (χ1) is 9.33. The van der Waals surface area contributed by atoms with Gasteiger partial charge < -0.3 is 14.8 Å². The molecule has 1 N–H and O–H groups in total. The predicted octanol–water partition coefficient (Wildman–Crippen LogP) is 3.34. The Hall–Kier alpha value is -2.16. The number of ether oxygens (including phenoxy) is 2. The summed E-state index contributed by atoms with van der Waals surface area (Å²) in [5.41, 5.74) is 4.74. The fourth-order valence-electron chi connectivity index (χ4n) is 2.60. The third kappa shape index (κ3) is 2.01. The molecule has 1 aliphatic heterocycles. The topological polar surface area (TPSA) is 30.5 Å². The minimum atomic E-state index is 0.838. The van der Waals surface area contributed by atoms with Gasteiger partial charge in [-0.05, 0) is 41.8 Å². The van der Waals surface area contributed by atoms with Gasteiger partial charge in [-0.1, -0.05) is 12.1 Å². The average Bonchev–Trinajstić information content (AvgIpc) is 2.93. The van der Waals surface area contributed by atoms with Gasteiger partial charge in [-0.25, -0.2) is 0 Å². The van der Waals surface area contributed by atoms with Crippen molar-refractivity contribution < 1.29 is 9.47 Å². The van der Waals surface area contributed by atoms with Crippen LogP contribution in [0.2, 0.25) is 0 Å². The fourth-order valence-corrected chi connectivity index (χ4v) is 2.60. The molecule has 0 bridgehead atoms. The molecule has 0 saturated heterocycles. The van der Waals surface area contributed by atoms with Crippen LogP contribution in [-0.2, 0) is 6.42 Å². The molecule has 0 aliphatic carbocycles. The fraction of sp³-hybridized carbons (Fsp3) is 0.250. The van der Waals surface area contributed by atoms with Crippen LogP contribution in [0.1, 0.15) is 5.56 Å². The van der Waals surface area contributed by atoms with Crippen molar-refractivity contribution in [3.8, 4) is 22.6 Å². The minimum Gasteiger partial charge on any atom is -0.496 e. The largest absolute Gasteiger partial charge is 0.496 e. The molecule has 0 fully saturated rings. The zero-order valence-corrected chi connectivity index (χ0v) is 11.2. The van der Waals surface area contributed by atoms with Crippen molar-refractivity contribution >= 4 is 5.69 Å². The van der Waals surface area contributed by atoms with Crippen LogP contribution in [0.3, 0.4) is 0 Å². The highest BCUT2D eigenvalue weighted by Gasteiger charge is 2.16. The highest BCUT2D eigenvalue weighted by molar-refractivity contribution is 5.79. The Kier molecular flexibility index (Phi) is 3.03. The van der Waals surface area contributed by atoms with Gasteiger partial charge in [-0.2, -0.15) is 0 Å². The maximum absolute atomic E-state index is 5.47. The Morgan fingerprint density at radius 3 is 2.42 bits per heavy atom. The summed E-state index contributed by atoms with van der Waals surface area (Å²) in [7, 11) is 3.38. The number of anilines is 1. The number of hydrogen-bond donors (Lipinski definition) is 1. The Bertz CT molecular complexity index is 585. The molecule has 98 valence electrons. The van der Waals surface area contributed by atoms with E-state index in [1.165, 1.54) is 11.3 Å². The van der Waals surface area contributed by atoms with E-state index >= 15 is 0 Å². The molecular formula is C16H17NO2. The maximum Gasteiger partial charge on any atom is 0.130 e. The molecule has 0 spiro atoms. The normalized spacial score (nSPS) is 12.7. The van der Waals surface area contributed by atoms with Gasteiger partial charge in [-0.3, -0.25) is 0 Å². The van der Waals surface area contributed by atoms with Crippen LogP contribution in [0.15, 0.2) is 36.4 Å². The highest BCUT2D eigenvalue weighted by Crippen LogP contribution is 2.40. The number of methoxy groups -OCH3 is 2. The van der Waals surface area contributed by atoms with E-state index in [1.807, 2.05) is 18.2 Å². The molecule has 0 radical (unpaired) electrons. The number of rotatable bonds is 3. The number of fused-ring (bicyclic) bond motifs is 1. The Morgan fingerprint density at radius 2 is 1.74 bits per heavy atom. The van der Waals surface area contributed by atoms with E-state index < -0.39 is 0 Å². The van der Waals surface area contributed by atoms with Crippen molar-refractivity contribution in [2.24, 2.45) is 0 Å². The Balaban J connectivity index is 2.15. The molecule has 0 unspecified atom stereocenters. The summed E-state index contributed by atoms with van der Waals surface area (Å²) >= 11 is 0. The number of hydrogen-bond acceptors (Lipinski definition) is 3. The maximum atomic E-state index is 5.47. The first-order valence-corrected chi connectivity index (χ1v) is 6.41. The summed E-state index contributed by atoms with van der Waals surface area (Å²) in [4.78, 5) is 0. The molecule has 2 aromatic rings. The van der Waals surface area contributed by atoms with Gasteiger partial charge in [0.1, 0.15) is 11.5 Å². The lowest BCUT2D eigenvalue weighted by atomic mass is 10.00. The molecule has 0 amide bonds. The first kappa shape index (κ1) is 11.9. The van der Waals surface area contributed by atoms with E-state index in [1.54, 1.807) is 14.2 Å². The molecule has 0 saturated carbocycles. The monoisotopic (exact) mass is 255 g/mol. The van der Waals surface area contributed by atoms with E-state index in [0.29, 0.717) is 0 Å². The van der Waals surface area contributed by atoms with Gasteiger partial charge in [0.05, 0.1) is 19.8 Å². The molecule has 2 aromatic carbocycles. The first-order valence-electron chi connectivity index (χ1n) is 6.41. The quantitative estimate of drug-likeness (QED) is 0.912. The van der Waals surface area contributed by atoms with Crippen LogP contribution < -0.4 is 14.8 Å². The summed E-state index contributed by atoms with van der Waals surface area (Å²) in [6.45, 7) is 1.02. The second kappa shape index (κ2) is 4.84. The zero-order valence-electron chi connectivity index (χ0n) is 11.2. The molecule has 3 rings (SSSR count). The lowest BCUT2D eigenvalue weighted by molar-refractivity contribution is 0.397. The van der Waals surface area contributed by atoms with Crippen molar-refractivity contribution in [2.45, 2.75) is 6.42 Å². The minimum absolute atomic E-state index is 0.838. The SMILES string of the molecule is COc1cccc(OC)c1-c1ccc2c(c1)CCN2. The standard InChI is InChI=1S/C16H17NO2/c1-18-14-4-3-5-15(19-2)16(14)12-6-7-13-11(10-12)8-9-17-13/h3-7,10,17H,8-9H2,1-2H3. The van der Waals surface area contributed by atoms with Crippen LogP contribution in [0, 0.1) is 0 Å². The van der Waals surface area contributed by atoms with Gasteiger partial charge in [0.15, 0.2) is 0 Å². The molecule has 3 heteroatoms. The summed E-state index contributed by atoms with van der Waals surface area (Å²) in [5, 5.41) is 3.37. The third-order valence-corrected chi connectivity index (χ3v) is 3.53. The van der Waals surface area contributed by atoms with Crippen molar-refractivity contribution in [1.82, 2.24) is 0 Å². The van der Waals surface area contributed by atoms with Crippen LogP contribution >= 0.6 is 0 Å². The van der Waals surface area contributed by atoms with E-state index in [4.69, 9.17) is 9.47 Å². The molecule has 19 heavy (non-hydrogen) atoms. The van der Waals surface area contributed by atoms with Crippen LogP contribution in [0.4, 0.5) is 5.69 Å². The zero-order chi connectivity index (χ0) is 13.2. The third-order valence-electron chi connectivity index (χ3n) is 3.53. The van der Waals surface area contributed by atoms with Gasteiger partial charge in [0.25, 0.3) is 0 Å². The lowest BCUT2D eigenvalue weighted by Crippen LogP contribution is -1.93. The van der Waals surface area contributed by atoms with Crippen molar-refractivity contribution in [1.29, 1.82) is 0 Å². The molecule has 0 aromatic heterocycles. The molecule has 1 aliphatic rings. The van der Waals surface area contributed by atoms with Gasteiger partial charge in [0, 0.05) is 12.2 Å². The number of nitrogens with one attached hydrogen (secondary N) is 1. The summed E-state index contributed by atoms with van der Waals surface area (Å²) in [6, 6.07) is 12.3. The van der Waals surface area contributed by atoms with E-state index in [0.717, 1.165) is 35.6 Å². The highest BCUT2D eigenvalue weighted by atomic mass is 16.5. The van der Waals surface area contributed by atoms with Crippen LogP contribution in [0.5, 0.6) is 11.5 Å². The summed E-state index contributed by atoms with van der Waals surface area (Å²) in [6.07, 6.45) is 1.07. The lowest BCUT2D eigenvalue weighted by Gasteiger charge is -2.14. The van der Waals surface area contributed by atoms with Gasteiger partial charge in [-0.15, -0.1) is 0 Å². The molecule has 1 heterocycles. The van der Waals surface area contributed by atoms with Crippen molar-refractivity contribution in [2.75, 3.05) is 26.1 Å². The van der Waals surface area contributed by atoms with Crippen LogP contribution in [-0.4, -0.2) is 20.8 Å². The second-order valence-corrected chi connectivity index (χ2v) is 4.59. The number of benzene rings is 2. The smallest absolute Gasteiger partial charge is 0.130 e. The van der Waals surface area contributed by atoms with Crippen LogP contribution in [0.25, 0.3) is 11.1 Å². The van der Waals surface area contributed by atoms with E-state index in [2.05, 4.69) is 23.5 Å². The average molecular weight is 255 g/mol. The van der Waals surface area contributed by atoms with Crippen molar-refractivity contribution in [3.63, 3.8) is 0 Å². The van der Waals surface area contributed by atoms with E-state index in [9.17, 15) is 0 Å². The van der Waals surface area contributed by atoms with Crippen molar-refractivity contribution in [3.05, 3.63) is 42.0 Å². The summed E-state index contributed by atoms with van der Waals surface area (Å²) in [5.74, 6) is 1.68. The predicted molar refractivity (Wildman–Crippen MR) is 77.2 cm³/mol. The Morgan fingerprint density at radius 1 is 1.00 bits per heavy atom.